The van der Waals surface area contributed by atoms with E-state index in [9.17, 15) is 0 Å². The summed E-state index contributed by atoms with van der Waals surface area (Å²) in [6.07, 6.45) is 7.69. The van der Waals surface area contributed by atoms with Gasteiger partial charge in [0, 0.05) is 41.9 Å². The van der Waals surface area contributed by atoms with Crippen molar-refractivity contribution in [2.75, 3.05) is 0 Å². The summed E-state index contributed by atoms with van der Waals surface area (Å²) in [6.45, 7) is 5.06. The summed E-state index contributed by atoms with van der Waals surface area (Å²) < 4.78 is 4.15. The normalized spacial score (nSPS) is 12.2. The maximum Gasteiger partial charge on any atom is 0.0648 e. The summed E-state index contributed by atoms with van der Waals surface area (Å²) in [5, 5.41) is 8.20. The first kappa shape index (κ1) is 17.2. The molecule has 4 aromatic rings. The van der Waals surface area contributed by atoms with E-state index in [1.807, 2.05) is 41.3 Å². The van der Waals surface area contributed by atoms with Crippen molar-refractivity contribution in [3.8, 4) is 11.4 Å². The number of para-hydroxylation sites is 1. The first-order chi connectivity index (χ1) is 13.2. The lowest BCUT2D eigenvalue weighted by Crippen LogP contribution is -2.20. The van der Waals surface area contributed by atoms with Crippen molar-refractivity contribution < 1.29 is 0 Å². The number of hydrogen-bond donors (Lipinski definition) is 1. The number of nitrogens with zero attached hydrogens (tertiary/aromatic N) is 4. The Morgan fingerprint density at radius 2 is 1.78 bits per heavy atom. The fraction of sp³-hybridized carbons (Fsp3) is 0.182. The second-order valence-electron chi connectivity index (χ2n) is 6.62. The van der Waals surface area contributed by atoms with Crippen molar-refractivity contribution in [1.29, 1.82) is 0 Å². The molecular formula is C22H23N5. The molecule has 0 aliphatic heterocycles. The van der Waals surface area contributed by atoms with Gasteiger partial charge in [0.1, 0.15) is 0 Å². The van der Waals surface area contributed by atoms with E-state index in [-0.39, 0.29) is 6.04 Å². The minimum absolute atomic E-state index is 0.194. The van der Waals surface area contributed by atoms with Gasteiger partial charge in [-0.05, 0) is 50.2 Å². The molecule has 0 saturated carbocycles. The van der Waals surface area contributed by atoms with Crippen LogP contribution in [0, 0.1) is 6.92 Å². The quantitative estimate of drug-likeness (QED) is 0.562. The van der Waals surface area contributed by atoms with Gasteiger partial charge >= 0.3 is 0 Å². The van der Waals surface area contributed by atoms with Gasteiger partial charge in [0.2, 0.25) is 0 Å². The minimum atomic E-state index is 0.194. The minimum Gasteiger partial charge on any atom is -0.318 e. The molecule has 5 heteroatoms. The van der Waals surface area contributed by atoms with Gasteiger partial charge in [-0.2, -0.15) is 5.10 Å². The van der Waals surface area contributed by atoms with Crippen LogP contribution in [0.15, 0.2) is 79.4 Å². The van der Waals surface area contributed by atoms with Crippen LogP contribution in [-0.2, 0) is 6.54 Å². The molecule has 3 heterocycles. The highest BCUT2D eigenvalue weighted by atomic mass is 15.3. The predicted molar refractivity (Wildman–Crippen MR) is 107 cm³/mol. The van der Waals surface area contributed by atoms with Crippen LogP contribution in [0.3, 0.4) is 0 Å². The predicted octanol–water partition coefficient (Wildman–Crippen LogP) is 4.22. The third-order valence-electron chi connectivity index (χ3n) is 4.86. The van der Waals surface area contributed by atoms with Crippen LogP contribution >= 0.6 is 0 Å². The van der Waals surface area contributed by atoms with Gasteiger partial charge in [-0.1, -0.05) is 18.2 Å². The SMILES string of the molecule is Cc1c(C(C)NCc2cccn2-c2cccnc2)cnn1-c1ccccc1. The summed E-state index contributed by atoms with van der Waals surface area (Å²) >= 11 is 0. The standard InChI is InChI=1S/C22H23N5/c1-17(22-16-25-27(18(22)2)19-8-4-3-5-9-19)24-15-21-11-7-13-26(21)20-10-6-12-23-14-20/h3-14,16-17,24H,15H2,1-2H3. The number of nitrogens with one attached hydrogen (secondary N) is 1. The van der Waals surface area contributed by atoms with E-state index < -0.39 is 0 Å². The van der Waals surface area contributed by atoms with E-state index in [0.29, 0.717) is 0 Å². The molecule has 136 valence electrons. The molecule has 1 aromatic carbocycles. The third kappa shape index (κ3) is 3.55. The molecular weight excluding hydrogens is 334 g/mol. The molecule has 0 aliphatic carbocycles. The van der Waals surface area contributed by atoms with Crippen molar-refractivity contribution >= 4 is 0 Å². The van der Waals surface area contributed by atoms with Crippen molar-refractivity contribution in [1.82, 2.24) is 24.6 Å². The van der Waals surface area contributed by atoms with Crippen molar-refractivity contribution in [3.05, 3.63) is 96.3 Å². The molecule has 1 atom stereocenters. The molecule has 5 nitrogen and oxygen atoms in total. The second kappa shape index (κ2) is 7.60. The van der Waals surface area contributed by atoms with Crippen LogP contribution in [0.4, 0.5) is 0 Å². The number of aromatic nitrogens is 4. The smallest absolute Gasteiger partial charge is 0.0648 e. The zero-order valence-corrected chi connectivity index (χ0v) is 15.6. The third-order valence-corrected chi connectivity index (χ3v) is 4.86. The van der Waals surface area contributed by atoms with Gasteiger partial charge in [-0.25, -0.2) is 4.68 Å². The molecule has 0 aliphatic rings. The molecule has 1 unspecified atom stereocenters. The van der Waals surface area contributed by atoms with Crippen LogP contribution in [0.25, 0.3) is 11.4 Å². The average Bonchev–Trinajstić information content (AvgIpc) is 3.34. The van der Waals surface area contributed by atoms with E-state index in [4.69, 9.17) is 0 Å². The number of pyridine rings is 1. The van der Waals surface area contributed by atoms with E-state index in [2.05, 4.69) is 70.3 Å². The Balaban J connectivity index is 1.49. The lowest BCUT2D eigenvalue weighted by atomic mass is 10.1. The topological polar surface area (TPSA) is 47.7 Å². The molecule has 0 amide bonds. The van der Waals surface area contributed by atoms with Crippen LogP contribution in [0.5, 0.6) is 0 Å². The second-order valence-corrected chi connectivity index (χ2v) is 6.62. The molecule has 0 spiro atoms. The lowest BCUT2D eigenvalue weighted by molar-refractivity contribution is 0.560. The molecule has 1 N–H and O–H groups in total. The lowest BCUT2D eigenvalue weighted by Gasteiger charge is -2.16. The Bertz CT molecular complexity index is 1000. The molecule has 27 heavy (non-hydrogen) atoms. The summed E-state index contributed by atoms with van der Waals surface area (Å²) in [5.74, 6) is 0. The zero-order chi connectivity index (χ0) is 18.6. The molecule has 0 saturated heterocycles. The Morgan fingerprint density at radius 1 is 0.963 bits per heavy atom. The molecule has 4 rings (SSSR count). The van der Waals surface area contributed by atoms with Gasteiger partial charge < -0.3 is 9.88 Å². The Morgan fingerprint density at radius 3 is 2.56 bits per heavy atom. The molecule has 3 aromatic heterocycles. The van der Waals surface area contributed by atoms with Crippen molar-refractivity contribution in [3.63, 3.8) is 0 Å². The van der Waals surface area contributed by atoms with Gasteiger partial charge in [0.15, 0.2) is 0 Å². The van der Waals surface area contributed by atoms with E-state index in [0.717, 1.165) is 23.6 Å². The number of benzene rings is 1. The van der Waals surface area contributed by atoms with E-state index in [1.165, 1.54) is 11.3 Å². The van der Waals surface area contributed by atoms with E-state index in [1.54, 1.807) is 6.20 Å². The van der Waals surface area contributed by atoms with Gasteiger partial charge in [-0.3, -0.25) is 4.98 Å². The van der Waals surface area contributed by atoms with Crippen LogP contribution in [0.2, 0.25) is 0 Å². The fourth-order valence-electron chi connectivity index (χ4n) is 3.35. The Labute approximate surface area is 159 Å². The van der Waals surface area contributed by atoms with Gasteiger partial charge in [0.05, 0.1) is 23.8 Å². The molecule has 0 fully saturated rings. The highest BCUT2D eigenvalue weighted by Crippen LogP contribution is 2.21. The van der Waals surface area contributed by atoms with Crippen LogP contribution < -0.4 is 5.32 Å². The number of rotatable bonds is 6. The number of hydrogen-bond acceptors (Lipinski definition) is 3. The maximum atomic E-state index is 4.58. The van der Waals surface area contributed by atoms with Gasteiger partial charge in [0.25, 0.3) is 0 Å². The van der Waals surface area contributed by atoms with Crippen LogP contribution in [-0.4, -0.2) is 19.3 Å². The maximum absolute atomic E-state index is 4.58. The molecule has 0 bridgehead atoms. The molecule has 0 radical (unpaired) electrons. The summed E-state index contributed by atoms with van der Waals surface area (Å²) in [4.78, 5) is 4.22. The highest BCUT2D eigenvalue weighted by molar-refractivity contribution is 5.35. The van der Waals surface area contributed by atoms with E-state index >= 15 is 0 Å². The zero-order valence-electron chi connectivity index (χ0n) is 15.6. The monoisotopic (exact) mass is 357 g/mol. The van der Waals surface area contributed by atoms with Crippen molar-refractivity contribution in [2.24, 2.45) is 0 Å². The summed E-state index contributed by atoms with van der Waals surface area (Å²) in [6, 6.07) is 18.6. The summed E-state index contributed by atoms with van der Waals surface area (Å²) in [7, 11) is 0. The fourth-order valence-corrected chi connectivity index (χ4v) is 3.35. The Kier molecular flexibility index (Phi) is 4.85. The van der Waals surface area contributed by atoms with Crippen molar-refractivity contribution in [2.45, 2.75) is 26.4 Å². The average molecular weight is 357 g/mol. The highest BCUT2D eigenvalue weighted by Gasteiger charge is 2.14. The van der Waals surface area contributed by atoms with Gasteiger partial charge in [-0.15, -0.1) is 0 Å². The largest absolute Gasteiger partial charge is 0.318 e. The van der Waals surface area contributed by atoms with Crippen LogP contribution in [0.1, 0.15) is 29.9 Å². The Hall–Kier alpha value is -3.18. The summed E-state index contributed by atoms with van der Waals surface area (Å²) in [5.41, 5.74) is 5.71. The first-order valence-corrected chi connectivity index (χ1v) is 9.14. The first-order valence-electron chi connectivity index (χ1n) is 9.14.